The van der Waals surface area contributed by atoms with E-state index in [9.17, 15) is 4.79 Å². The van der Waals surface area contributed by atoms with E-state index in [0.29, 0.717) is 36.1 Å². The lowest BCUT2D eigenvalue weighted by atomic mass is 10.2. The molecule has 0 aliphatic carbocycles. The van der Waals surface area contributed by atoms with Crippen molar-refractivity contribution in [1.82, 2.24) is 14.8 Å². The summed E-state index contributed by atoms with van der Waals surface area (Å²) in [7, 11) is 0. The average Bonchev–Trinajstić information content (AvgIpc) is 2.99. The highest BCUT2D eigenvalue weighted by molar-refractivity contribution is 6.04. The number of ether oxygens (including phenoxy) is 2. The molecular formula is C36H50N6O3. The second-order valence-electron chi connectivity index (χ2n) is 11.6. The predicted molar refractivity (Wildman–Crippen MR) is 185 cm³/mol. The van der Waals surface area contributed by atoms with Gasteiger partial charge in [-0.3, -0.25) is 9.78 Å². The van der Waals surface area contributed by atoms with Gasteiger partial charge in [0, 0.05) is 31.0 Å². The zero-order chi connectivity index (χ0) is 32.8. The van der Waals surface area contributed by atoms with Gasteiger partial charge in [-0.25, -0.2) is 0 Å². The lowest BCUT2D eigenvalue weighted by molar-refractivity contribution is 0.0565. The van der Waals surface area contributed by atoms with Gasteiger partial charge in [0.25, 0.3) is 5.91 Å². The van der Waals surface area contributed by atoms with Crippen LogP contribution in [0.3, 0.4) is 0 Å². The molecule has 0 bridgehead atoms. The first kappa shape index (κ1) is 35.0. The van der Waals surface area contributed by atoms with Crippen LogP contribution in [-0.2, 0) is 11.3 Å². The Balaban J connectivity index is 1.69. The summed E-state index contributed by atoms with van der Waals surface area (Å²) in [5.41, 5.74) is 3.07. The van der Waals surface area contributed by atoms with Crippen LogP contribution in [0.1, 0.15) is 64.0 Å². The number of rotatable bonds is 18. The van der Waals surface area contributed by atoms with E-state index in [1.807, 2.05) is 82.3 Å². The Kier molecular flexibility index (Phi) is 13.3. The lowest BCUT2D eigenvalue weighted by Gasteiger charge is -2.29. The third-order valence-electron chi connectivity index (χ3n) is 6.92. The predicted octanol–water partition coefficient (Wildman–Crippen LogP) is 7.55. The molecule has 0 spiro atoms. The minimum Gasteiger partial charge on any atom is -0.494 e. The van der Waals surface area contributed by atoms with Crippen molar-refractivity contribution >= 4 is 23.0 Å². The van der Waals surface area contributed by atoms with Gasteiger partial charge in [-0.1, -0.05) is 44.7 Å². The number of para-hydroxylation sites is 2. The first-order valence-corrected chi connectivity index (χ1v) is 15.7. The molecule has 2 aromatic carbocycles. The van der Waals surface area contributed by atoms with Crippen LogP contribution in [0.15, 0.2) is 91.7 Å². The first-order chi connectivity index (χ1) is 21.5. The van der Waals surface area contributed by atoms with Crippen molar-refractivity contribution in [3.63, 3.8) is 0 Å². The van der Waals surface area contributed by atoms with Gasteiger partial charge in [0.05, 0.1) is 23.8 Å². The Hall–Kier alpha value is -4.50. The van der Waals surface area contributed by atoms with Gasteiger partial charge in [-0.15, -0.1) is 0 Å². The Bertz CT molecular complexity index is 1400. The van der Waals surface area contributed by atoms with Crippen LogP contribution >= 0.6 is 0 Å². The van der Waals surface area contributed by atoms with Crippen LogP contribution in [0, 0.1) is 0 Å². The summed E-state index contributed by atoms with van der Waals surface area (Å²) in [6.45, 7) is 25.5. The van der Waals surface area contributed by atoms with Gasteiger partial charge in [-0.2, -0.15) is 0 Å². The van der Waals surface area contributed by atoms with Crippen molar-refractivity contribution in [3.05, 3.63) is 103 Å². The average molecular weight is 615 g/mol. The van der Waals surface area contributed by atoms with Crippen LogP contribution < -0.4 is 20.7 Å². The Labute approximate surface area is 269 Å². The van der Waals surface area contributed by atoms with Gasteiger partial charge in [0.15, 0.2) is 5.88 Å². The van der Waals surface area contributed by atoms with Crippen molar-refractivity contribution in [3.8, 4) is 5.75 Å². The highest BCUT2D eigenvalue weighted by Gasteiger charge is 2.16. The smallest absolute Gasteiger partial charge is 0.274 e. The Morgan fingerprint density at radius 1 is 0.889 bits per heavy atom. The number of hydrogen-bond acceptors (Lipinski definition) is 8. The summed E-state index contributed by atoms with van der Waals surface area (Å²) in [5.74, 6) is 1.68. The van der Waals surface area contributed by atoms with E-state index >= 15 is 0 Å². The van der Waals surface area contributed by atoms with Crippen molar-refractivity contribution in [1.29, 1.82) is 0 Å². The molecule has 242 valence electrons. The number of carbonyl (C=O) groups excluding carboxylic acids is 1. The molecule has 0 unspecified atom stereocenters. The maximum absolute atomic E-state index is 13.2. The summed E-state index contributed by atoms with van der Waals surface area (Å²) >= 11 is 0. The zero-order valence-electron chi connectivity index (χ0n) is 27.8. The Morgan fingerprint density at radius 3 is 2.22 bits per heavy atom. The molecule has 1 aromatic heterocycles. The number of amides is 1. The van der Waals surface area contributed by atoms with Gasteiger partial charge in [0.1, 0.15) is 17.0 Å². The first-order valence-electron chi connectivity index (χ1n) is 15.7. The van der Waals surface area contributed by atoms with E-state index in [2.05, 4.69) is 57.7 Å². The number of hydrogen-bond donors (Lipinski definition) is 3. The molecule has 0 fully saturated rings. The molecule has 0 saturated carbocycles. The maximum atomic E-state index is 13.2. The van der Waals surface area contributed by atoms with Gasteiger partial charge < -0.3 is 35.2 Å². The van der Waals surface area contributed by atoms with E-state index in [1.54, 1.807) is 12.3 Å². The topological polar surface area (TPSA) is 91.0 Å². The molecule has 0 atom stereocenters. The van der Waals surface area contributed by atoms with Crippen molar-refractivity contribution < 1.29 is 14.3 Å². The quantitative estimate of drug-likeness (QED) is 0.127. The summed E-state index contributed by atoms with van der Waals surface area (Å²) in [5, 5.41) is 9.54. The number of pyridine rings is 1. The molecule has 1 heterocycles. The molecule has 0 radical (unpaired) electrons. The molecular weight excluding hydrogens is 564 g/mol. The number of nitrogens with one attached hydrogen (secondary N) is 3. The summed E-state index contributed by atoms with van der Waals surface area (Å²) in [4.78, 5) is 22.3. The van der Waals surface area contributed by atoms with E-state index in [0.717, 1.165) is 55.4 Å². The molecule has 3 rings (SSSR count). The molecule has 3 N–H and O–H groups in total. The van der Waals surface area contributed by atoms with E-state index < -0.39 is 5.60 Å². The zero-order valence-corrected chi connectivity index (χ0v) is 27.8. The highest BCUT2D eigenvalue weighted by atomic mass is 16.5. The number of nitrogens with zero attached hydrogens (tertiary/aromatic N) is 3. The highest BCUT2D eigenvalue weighted by Crippen LogP contribution is 2.25. The lowest BCUT2D eigenvalue weighted by Crippen LogP contribution is -2.31. The fourth-order valence-corrected chi connectivity index (χ4v) is 4.72. The van der Waals surface area contributed by atoms with Gasteiger partial charge >= 0.3 is 0 Å². The third kappa shape index (κ3) is 11.8. The minimum absolute atomic E-state index is 0.311. The molecule has 9 nitrogen and oxygen atoms in total. The molecule has 0 aliphatic rings. The SMILES string of the molecule is C=C(Nc1ccccc1NC(=O)c1ccc(CN(CCCN(CC)CC)C(=C)Nc2cccc(OCC)c2)cn1)OC(C)(C)C. The summed E-state index contributed by atoms with van der Waals surface area (Å²) in [6, 6.07) is 19.0. The number of aromatic nitrogens is 1. The maximum Gasteiger partial charge on any atom is 0.274 e. The van der Waals surface area contributed by atoms with Gasteiger partial charge in [-0.05, 0) is 96.2 Å². The number of benzene rings is 2. The fourth-order valence-electron chi connectivity index (χ4n) is 4.72. The van der Waals surface area contributed by atoms with Crippen LogP contribution in [0.2, 0.25) is 0 Å². The molecule has 45 heavy (non-hydrogen) atoms. The third-order valence-corrected chi connectivity index (χ3v) is 6.92. The van der Waals surface area contributed by atoms with Gasteiger partial charge in [0.2, 0.25) is 0 Å². The minimum atomic E-state index is -0.397. The van der Waals surface area contributed by atoms with Crippen LogP contribution in [0.5, 0.6) is 5.75 Å². The molecule has 0 aliphatic heterocycles. The van der Waals surface area contributed by atoms with Crippen molar-refractivity contribution in [2.75, 3.05) is 48.7 Å². The molecule has 0 saturated heterocycles. The fraction of sp³-hybridized carbons (Fsp3) is 0.389. The Morgan fingerprint density at radius 2 is 1.60 bits per heavy atom. The van der Waals surface area contributed by atoms with Crippen LogP contribution in [0.25, 0.3) is 0 Å². The molecule has 3 aromatic rings. The monoisotopic (exact) mass is 614 g/mol. The van der Waals surface area contributed by atoms with Crippen LogP contribution in [-0.4, -0.2) is 59.1 Å². The van der Waals surface area contributed by atoms with Crippen molar-refractivity contribution in [2.24, 2.45) is 0 Å². The van der Waals surface area contributed by atoms with Crippen molar-refractivity contribution in [2.45, 2.75) is 60.1 Å². The van der Waals surface area contributed by atoms with E-state index in [1.165, 1.54) is 0 Å². The molecule has 9 heteroatoms. The summed E-state index contributed by atoms with van der Waals surface area (Å²) < 4.78 is 11.5. The molecule has 1 amide bonds. The summed E-state index contributed by atoms with van der Waals surface area (Å²) in [6.07, 6.45) is 2.73. The van der Waals surface area contributed by atoms with E-state index in [4.69, 9.17) is 9.47 Å². The second kappa shape index (κ2) is 17.1. The van der Waals surface area contributed by atoms with E-state index in [-0.39, 0.29) is 5.91 Å². The standard InChI is InChI=1S/C36H50N6O3/c1-9-41(10-2)22-15-23-42(27(4)38-30-16-14-17-31(24-30)44-11-3)26-29-20-21-34(37-25-29)35(43)40-33-19-13-12-18-32(33)39-28(5)45-36(6,7)8/h12-14,16-21,24-25,38-39H,4-5,9-11,15,22-23,26H2,1-3,6-8H3,(H,40,43). The largest absolute Gasteiger partial charge is 0.494 e. The van der Waals surface area contributed by atoms with Crippen LogP contribution in [0.4, 0.5) is 17.1 Å². The second-order valence-corrected chi connectivity index (χ2v) is 11.6. The number of anilines is 3. The number of carbonyl (C=O) groups is 1. The normalized spacial score (nSPS) is 11.1.